The molecule has 0 radical (unpaired) electrons. The minimum Gasteiger partial charge on any atom is -0.352 e. The number of hydrogen-bond acceptors (Lipinski definition) is 3. The average molecular weight is 253 g/mol. The number of amides is 2. The summed E-state index contributed by atoms with van der Waals surface area (Å²) < 4.78 is 0. The number of rotatable bonds is 9. The Kier molecular flexibility index (Phi) is 9.54. The molecule has 0 bridgehead atoms. The zero-order chi connectivity index (χ0) is 13.8. The van der Waals surface area contributed by atoms with Gasteiger partial charge in [0.15, 0.2) is 0 Å². The normalized spacial score (nSPS) is 9.44. The highest BCUT2D eigenvalue weighted by atomic mass is 16.2. The summed E-state index contributed by atoms with van der Waals surface area (Å²) in [5, 5.41) is 6.59. The Balaban J connectivity index is 4.08. The van der Waals surface area contributed by atoms with Gasteiger partial charge >= 0.3 is 0 Å². The van der Waals surface area contributed by atoms with Crippen molar-refractivity contribution in [1.82, 2.24) is 10.7 Å². The van der Waals surface area contributed by atoms with Gasteiger partial charge in [-0.05, 0) is 12.8 Å². The summed E-state index contributed by atoms with van der Waals surface area (Å²) in [5.41, 5.74) is 3.39. The maximum Gasteiger partial charge on any atom is 0.249 e. The van der Waals surface area contributed by atoms with Crippen molar-refractivity contribution >= 4 is 17.5 Å². The Bertz CT molecular complexity index is 303. The maximum absolute atomic E-state index is 11.4. The summed E-state index contributed by atoms with van der Waals surface area (Å²) in [6, 6.07) is 0. The van der Waals surface area contributed by atoms with Gasteiger partial charge in [0, 0.05) is 12.3 Å². The van der Waals surface area contributed by atoms with E-state index in [1.165, 1.54) is 0 Å². The molecule has 0 saturated carbocycles. The predicted molar refractivity (Wildman–Crippen MR) is 73.2 cm³/mol. The lowest BCUT2D eigenvalue weighted by atomic mass is 10.1. The summed E-state index contributed by atoms with van der Waals surface area (Å²) in [4.78, 5) is 22.7. The van der Waals surface area contributed by atoms with E-state index in [1.807, 2.05) is 0 Å². The van der Waals surface area contributed by atoms with Gasteiger partial charge in [-0.25, -0.2) is 5.43 Å². The van der Waals surface area contributed by atoms with Gasteiger partial charge in [0.05, 0.1) is 0 Å². The molecule has 0 aliphatic heterocycles. The second-order valence-corrected chi connectivity index (χ2v) is 3.98. The number of hydrogen-bond donors (Lipinski definition) is 2. The van der Waals surface area contributed by atoms with Crippen LogP contribution in [-0.2, 0) is 9.59 Å². The zero-order valence-corrected chi connectivity index (χ0v) is 11.3. The maximum atomic E-state index is 11.4. The second kappa shape index (κ2) is 10.5. The van der Waals surface area contributed by atoms with Gasteiger partial charge in [-0.15, -0.1) is 6.58 Å². The molecule has 0 aromatic heterocycles. The van der Waals surface area contributed by atoms with Gasteiger partial charge in [-0.1, -0.05) is 32.8 Å². The van der Waals surface area contributed by atoms with Crippen molar-refractivity contribution in [3.05, 3.63) is 12.7 Å². The molecule has 0 saturated heterocycles. The zero-order valence-electron chi connectivity index (χ0n) is 11.3. The van der Waals surface area contributed by atoms with Gasteiger partial charge < -0.3 is 5.32 Å². The van der Waals surface area contributed by atoms with Crippen LogP contribution in [-0.4, -0.2) is 24.1 Å². The van der Waals surface area contributed by atoms with Crippen LogP contribution in [0.3, 0.4) is 0 Å². The van der Waals surface area contributed by atoms with E-state index in [1.54, 1.807) is 6.08 Å². The first-order valence-electron chi connectivity index (χ1n) is 6.35. The van der Waals surface area contributed by atoms with Gasteiger partial charge in [0.1, 0.15) is 6.42 Å². The van der Waals surface area contributed by atoms with E-state index in [2.05, 4.69) is 36.3 Å². The fourth-order valence-electron chi connectivity index (χ4n) is 1.39. The average Bonchev–Trinajstić information content (AvgIpc) is 2.34. The van der Waals surface area contributed by atoms with E-state index in [-0.39, 0.29) is 18.2 Å². The first kappa shape index (κ1) is 16.4. The molecule has 2 N–H and O–H groups in total. The van der Waals surface area contributed by atoms with Crippen molar-refractivity contribution in [2.75, 3.05) is 6.54 Å². The lowest BCUT2D eigenvalue weighted by Crippen LogP contribution is -2.30. The molecule has 0 aliphatic carbocycles. The summed E-state index contributed by atoms with van der Waals surface area (Å²) in [6.07, 6.45) is 5.09. The minimum absolute atomic E-state index is 0.205. The number of carbonyl (C=O) groups excluding carboxylic acids is 2. The Morgan fingerprint density at radius 1 is 1.17 bits per heavy atom. The fourth-order valence-corrected chi connectivity index (χ4v) is 1.39. The SMILES string of the molecule is C=CCNC(=O)CC(=O)NN=C(CCC)CCC. The van der Waals surface area contributed by atoms with Crippen LogP contribution in [0.2, 0.25) is 0 Å². The number of hydrazone groups is 1. The Morgan fingerprint density at radius 3 is 2.28 bits per heavy atom. The quantitative estimate of drug-likeness (QED) is 0.284. The van der Waals surface area contributed by atoms with E-state index in [9.17, 15) is 9.59 Å². The fraction of sp³-hybridized carbons (Fsp3) is 0.615. The second-order valence-electron chi connectivity index (χ2n) is 3.98. The van der Waals surface area contributed by atoms with Crippen LogP contribution in [0.15, 0.2) is 17.8 Å². The van der Waals surface area contributed by atoms with Gasteiger partial charge in [-0.3, -0.25) is 9.59 Å². The van der Waals surface area contributed by atoms with E-state index >= 15 is 0 Å². The molecule has 0 atom stereocenters. The predicted octanol–water partition coefficient (Wildman–Crippen LogP) is 1.75. The van der Waals surface area contributed by atoms with Crippen molar-refractivity contribution in [1.29, 1.82) is 0 Å². The molecule has 0 heterocycles. The van der Waals surface area contributed by atoms with Crippen molar-refractivity contribution in [2.24, 2.45) is 5.10 Å². The van der Waals surface area contributed by atoms with Crippen LogP contribution in [0.1, 0.15) is 46.0 Å². The van der Waals surface area contributed by atoms with E-state index in [0.29, 0.717) is 6.54 Å². The van der Waals surface area contributed by atoms with Crippen LogP contribution < -0.4 is 10.7 Å². The number of nitrogens with one attached hydrogen (secondary N) is 2. The van der Waals surface area contributed by atoms with E-state index < -0.39 is 0 Å². The molecule has 2 amide bonds. The first-order chi connectivity index (χ1) is 8.63. The monoisotopic (exact) mass is 253 g/mol. The van der Waals surface area contributed by atoms with Crippen LogP contribution in [0, 0.1) is 0 Å². The molecule has 0 aromatic rings. The molecular weight excluding hydrogens is 230 g/mol. The van der Waals surface area contributed by atoms with Crippen LogP contribution in [0.4, 0.5) is 0 Å². The summed E-state index contributed by atoms with van der Waals surface area (Å²) in [7, 11) is 0. The van der Waals surface area contributed by atoms with Crippen LogP contribution in [0.5, 0.6) is 0 Å². The lowest BCUT2D eigenvalue weighted by Gasteiger charge is -2.05. The minimum atomic E-state index is -0.388. The molecule has 0 aliphatic rings. The lowest BCUT2D eigenvalue weighted by molar-refractivity contribution is -0.129. The molecule has 5 nitrogen and oxygen atoms in total. The van der Waals surface area contributed by atoms with Gasteiger partial charge in [0.2, 0.25) is 11.8 Å². The molecule has 5 heteroatoms. The molecular formula is C13H23N3O2. The van der Waals surface area contributed by atoms with Crippen molar-refractivity contribution in [3.63, 3.8) is 0 Å². The van der Waals surface area contributed by atoms with Crippen LogP contribution >= 0.6 is 0 Å². The van der Waals surface area contributed by atoms with E-state index in [4.69, 9.17) is 0 Å². The van der Waals surface area contributed by atoms with Crippen molar-refractivity contribution in [3.8, 4) is 0 Å². The summed E-state index contributed by atoms with van der Waals surface area (Å²) in [5.74, 6) is -0.712. The topological polar surface area (TPSA) is 70.6 Å². The standard InChI is InChI=1S/C13H23N3O2/c1-4-7-11(8-5-2)15-16-13(18)10-12(17)14-9-6-3/h6H,3-5,7-10H2,1-2H3,(H,14,17)(H,16,18). The highest BCUT2D eigenvalue weighted by Crippen LogP contribution is 1.99. The molecule has 0 spiro atoms. The van der Waals surface area contributed by atoms with Crippen molar-refractivity contribution < 1.29 is 9.59 Å². The molecule has 0 unspecified atom stereocenters. The smallest absolute Gasteiger partial charge is 0.249 e. The Labute approximate surface area is 109 Å². The molecule has 0 aromatic carbocycles. The number of carbonyl (C=O) groups is 2. The highest BCUT2D eigenvalue weighted by molar-refractivity contribution is 5.97. The molecule has 102 valence electrons. The highest BCUT2D eigenvalue weighted by Gasteiger charge is 2.07. The first-order valence-corrected chi connectivity index (χ1v) is 6.35. The molecule has 0 fully saturated rings. The summed E-state index contributed by atoms with van der Waals surface area (Å²) in [6.45, 7) is 7.97. The third kappa shape index (κ3) is 8.50. The third-order valence-corrected chi connectivity index (χ3v) is 2.18. The van der Waals surface area contributed by atoms with Crippen molar-refractivity contribution in [2.45, 2.75) is 46.0 Å². The van der Waals surface area contributed by atoms with Gasteiger partial charge in [-0.2, -0.15) is 5.10 Å². The molecule has 0 rings (SSSR count). The number of nitrogens with zero attached hydrogens (tertiary/aromatic N) is 1. The Hall–Kier alpha value is -1.65. The van der Waals surface area contributed by atoms with E-state index in [0.717, 1.165) is 31.4 Å². The van der Waals surface area contributed by atoms with Gasteiger partial charge in [0.25, 0.3) is 0 Å². The molecule has 18 heavy (non-hydrogen) atoms. The van der Waals surface area contributed by atoms with Crippen LogP contribution in [0.25, 0.3) is 0 Å². The largest absolute Gasteiger partial charge is 0.352 e. The Morgan fingerprint density at radius 2 is 1.78 bits per heavy atom. The third-order valence-electron chi connectivity index (χ3n) is 2.18. The summed E-state index contributed by atoms with van der Waals surface area (Å²) >= 11 is 0.